The van der Waals surface area contributed by atoms with Crippen LogP contribution in [0.15, 0.2) is 0 Å². The SMILES string of the molecule is NCCCCCCCCCCCCCCCCCCCCC(O)O. The van der Waals surface area contributed by atoms with Gasteiger partial charge in [-0.25, -0.2) is 0 Å². The Morgan fingerprint density at radius 2 is 0.667 bits per heavy atom. The molecular formula is C21H45NO2. The molecule has 3 heteroatoms. The molecule has 0 radical (unpaired) electrons. The van der Waals surface area contributed by atoms with Crippen molar-refractivity contribution in [3.8, 4) is 0 Å². The average Bonchev–Trinajstić information content (AvgIpc) is 2.56. The first kappa shape index (κ1) is 23.9. The zero-order valence-electron chi connectivity index (χ0n) is 16.2. The van der Waals surface area contributed by atoms with Crippen LogP contribution in [0.1, 0.15) is 122 Å². The zero-order chi connectivity index (χ0) is 17.7. The molecule has 3 nitrogen and oxygen atoms in total. The molecule has 0 aliphatic rings. The Bertz CT molecular complexity index is 222. The number of unbranched alkanes of at least 4 members (excludes halogenated alkanes) is 17. The first-order chi connectivity index (χ1) is 11.8. The molecule has 0 aromatic heterocycles. The summed E-state index contributed by atoms with van der Waals surface area (Å²) < 4.78 is 0. The fraction of sp³-hybridized carbons (Fsp3) is 1.00. The number of hydrogen-bond donors (Lipinski definition) is 3. The number of rotatable bonds is 20. The second kappa shape index (κ2) is 20.9. The van der Waals surface area contributed by atoms with Crippen LogP contribution in [0.2, 0.25) is 0 Å². The summed E-state index contributed by atoms with van der Waals surface area (Å²) in [6.07, 6.45) is 23.5. The maximum Gasteiger partial charge on any atom is 0.151 e. The van der Waals surface area contributed by atoms with E-state index in [-0.39, 0.29) is 0 Å². The highest BCUT2D eigenvalue weighted by Crippen LogP contribution is 2.14. The van der Waals surface area contributed by atoms with Crippen molar-refractivity contribution in [1.29, 1.82) is 0 Å². The minimum absolute atomic E-state index is 0.536. The van der Waals surface area contributed by atoms with Gasteiger partial charge in [-0.2, -0.15) is 0 Å². The van der Waals surface area contributed by atoms with Crippen LogP contribution >= 0.6 is 0 Å². The summed E-state index contributed by atoms with van der Waals surface area (Å²) >= 11 is 0. The summed E-state index contributed by atoms with van der Waals surface area (Å²) in [5.74, 6) is 0. The molecule has 0 spiro atoms. The van der Waals surface area contributed by atoms with Crippen molar-refractivity contribution in [1.82, 2.24) is 0 Å². The van der Waals surface area contributed by atoms with Crippen molar-refractivity contribution in [3.63, 3.8) is 0 Å². The Morgan fingerprint density at radius 3 is 0.917 bits per heavy atom. The van der Waals surface area contributed by atoms with Crippen LogP contribution in [-0.2, 0) is 0 Å². The molecule has 0 aromatic rings. The van der Waals surface area contributed by atoms with Gasteiger partial charge in [-0.3, -0.25) is 0 Å². The quantitative estimate of drug-likeness (QED) is 0.197. The maximum atomic E-state index is 8.75. The summed E-state index contributed by atoms with van der Waals surface area (Å²) in [5.41, 5.74) is 5.49. The van der Waals surface area contributed by atoms with Gasteiger partial charge in [0.25, 0.3) is 0 Å². The highest BCUT2D eigenvalue weighted by atomic mass is 16.5. The molecule has 0 heterocycles. The molecule has 0 bridgehead atoms. The summed E-state index contributed by atoms with van der Waals surface area (Å²) in [4.78, 5) is 0. The van der Waals surface area contributed by atoms with Crippen molar-refractivity contribution in [3.05, 3.63) is 0 Å². The Balaban J connectivity index is 2.95. The molecule has 0 aromatic carbocycles. The molecule has 0 aliphatic heterocycles. The van der Waals surface area contributed by atoms with Gasteiger partial charge in [-0.1, -0.05) is 103 Å². The predicted molar refractivity (Wildman–Crippen MR) is 105 cm³/mol. The van der Waals surface area contributed by atoms with E-state index in [1.54, 1.807) is 0 Å². The topological polar surface area (TPSA) is 66.5 Å². The van der Waals surface area contributed by atoms with E-state index in [9.17, 15) is 0 Å². The fourth-order valence-corrected chi connectivity index (χ4v) is 3.30. The third kappa shape index (κ3) is 21.9. The second-order valence-corrected chi connectivity index (χ2v) is 7.42. The predicted octanol–water partition coefficient (Wildman–Crippen LogP) is 5.67. The molecule has 24 heavy (non-hydrogen) atoms. The highest BCUT2D eigenvalue weighted by Gasteiger charge is 1.97. The molecule has 0 saturated carbocycles. The van der Waals surface area contributed by atoms with Gasteiger partial charge in [0.15, 0.2) is 6.29 Å². The summed E-state index contributed by atoms with van der Waals surface area (Å²) in [6, 6.07) is 0. The van der Waals surface area contributed by atoms with Crippen molar-refractivity contribution in [2.24, 2.45) is 5.73 Å². The van der Waals surface area contributed by atoms with Crippen LogP contribution in [0.4, 0.5) is 0 Å². The molecule has 0 atom stereocenters. The van der Waals surface area contributed by atoms with E-state index in [0.717, 1.165) is 19.4 Å². The molecule has 0 rings (SSSR count). The van der Waals surface area contributed by atoms with Crippen LogP contribution < -0.4 is 5.73 Å². The van der Waals surface area contributed by atoms with Crippen molar-refractivity contribution >= 4 is 0 Å². The van der Waals surface area contributed by atoms with E-state index in [4.69, 9.17) is 15.9 Å². The Kier molecular flexibility index (Phi) is 20.8. The number of aliphatic hydroxyl groups excluding tert-OH is 1. The van der Waals surface area contributed by atoms with Gasteiger partial charge in [-0.15, -0.1) is 0 Å². The van der Waals surface area contributed by atoms with E-state index in [2.05, 4.69) is 0 Å². The van der Waals surface area contributed by atoms with Crippen LogP contribution in [0.3, 0.4) is 0 Å². The van der Waals surface area contributed by atoms with E-state index in [1.807, 2.05) is 0 Å². The van der Waals surface area contributed by atoms with E-state index < -0.39 is 6.29 Å². The first-order valence-electron chi connectivity index (χ1n) is 10.8. The smallest absolute Gasteiger partial charge is 0.151 e. The first-order valence-corrected chi connectivity index (χ1v) is 10.8. The van der Waals surface area contributed by atoms with Gasteiger partial charge >= 0.3 is 0 Å². The normalized spacial score (nSPS) is 11.5. The number of hydrogen-bond acceptors (Lipinski definition) is 3. The minimum Gasteiger partial charge on any atom is -0.368 e. The molecule has 0 amide bonds. The Morgan fingerprint density at radius 1 is 0.417 bits per heavy atom. The monoisotopic (exact) mass is 343 g/mol. The van der Waals surface area contributed by atoms with Gasteiger partial charge in [0.05, 0.1) is 0 Å². The van der Waals surface area contributed by atoms with E-state index >= 15 is 0 Å². The molecule has 146 valence electrons. The lowest BCUT2D eigenvalue weighted by Gasteiger charge is -2.04. The standard InChI is InChI=1S/C21H45NO2/c22-20-18-16-14-12-10-8-6-4-2-1-3-5-7-9-11-13-15-17-19-21(23)24/h21,23-24H,1-20,22H2. The second-order valence-electron chi connectivity index (χ2n) is 7.42. The number of aliphatic hydroxyl groups is 2. The van der Waals surface area contributed by atoms with Gasteiger partial charge in [-0.05, 0) is 25.8 Å². The lowest BCUT2D eigenvalue weighted by molar-refractivity contribution is -0.0466. The van der Waals surface area contributed by atoms with Crippen molar-refractivity contribution in [2.45, 2.75) is 128 Å². The fourth-order valence-electron chi connectivity index (χ4n) is 3.30. The maximum absolute atomic E-state index is 8.75. The third-order valence-corrected chi connectivity index (χ3v) is 4.92. The largest absolute Gasteiger partial charge is 0.368 e. The molecule has 0 saturated heterocycles. The molecule has 0 fully saturated rings. The third-order valence-electron chi connectivity index (χ3n) is 4.92. The number of nitrogens with two attached hydrogens (primary N) is 1. The lowest BCUT2D eigenvalue weighted by Crippen LogP contribution is -2.02. The van der Waals surface area contributed by atoms with Crippen molar-refractivity contribution < 1.29 is 10.2 Å². The molecule has 4 N–H and O–H groups in total. The summed E-state index contributed by atoms with van der Waals surface area (Å²) in [5, 5.41) is 17.5. The Hall–Kier alpha value is -0.120. The molecule has 0 unspecified atom stereocenters. The highest BCUT2D eigenvalue weighted by molar-refractivity contribution is 4.51. The van der Waals surface area contributed by atoms with E-state index in [1.165, 1.54) is 103 Å². The average molecular weight is 344 g/mol. The van der Waals surface area contributed by atoms with Crippen LogP contribution in [0.5, 0.6) is 0 Å². The minimum atomic E-state index is -1.11. The molecular weight excluding hydrogens is 298 g/mol. The zero-order valence-corrected chi connectivity index (χ0v) is 16.2. The Labute approximate surface area is 151 Å². The van der Waals surface area contributed by atoms with Crippen molar-refractivity contribution in [2.75, 3.05) is 6.54 Å². The van der Waals surface area contributed by atoms with Crippen LogP contribution in [-0.4, -0.2) is 23.0 Å². The van der Waals surface area contributed by atoms with Gasteiger partial charge < -0.3 is 15.9 Å². The van der Waals surface area contributed by atoms with Crippen LogP contribution in [0, 0.1) is 0 Å². The van der Waals surface area contributed by atoms with Gasteiger partial charge in [0.2, 0.25) is 0 Å². The van der Waals surface area contributed by atoms with E-state index in [0.29, 0.717) is 6.42 Å². The summed E-state index contributed by atoms with van der Waals surface area (Å²) in [6.45, 7) is 0.857. The van der Waals surface area contributed by atoms with Crippen LogP contribution in [0.25, 0.3) is 0 Å². The summed E-state index contributed by atoms with van der Waals surface area (Å²) in [7, 11) is 0. The van der Waals surface area contributed by atoms with Gasteiger partial charge in [0.1, 0.15) is 0 Å². The lowest BCUT2D eigenvalue weighted by atomic mass is 10.0. The molecule has 0 aliphatic carbocycles. The van der Waals surface area contributed by atoms with Gasteiger partial charge in [0, 0.05) is 0 Å².